The predicted octanol–water partition coefficient (Wildman–Crippen LogP) is 2.76. The first kappa shape index (κ1) is 19.9. The second-order valence-electron chi connectivity index (χ2n) is 6.79. The molecule has 0 aromatic rings. The Morgan fingerprint density at radius 1 is 1.14 bits per heavy atom. The molecule has 0 aliphatic heterocycles. The van der Waals surface area contributed by atoms with Gasteiger partial charge in [0.2, 0.25) is 5.91 Å². The van der Waals surface area contributed by atoms with Crippen LogP contribution in [-0.4, -0.2) is 36.9 Å². The van der Waals surface area contributed by atoms with Crippen LogP contribution >= 0.6 is 0 Å². The summed E-state index contributed by atoms with van der Waals surface area (Å²) >= 11 is 0. The van der Waals surface area contributed by atoms with Gasteiger partial charge in [-0.1, -0.05) is 13.8 Å². The number of amides is 1. The topological polar surface area (TPSA) is 47.6 Å². The standard InChI is InChI=1S/C17H31NO3/c1-8-9-16(4,5)20-12-13-21-17(6,7)10-11-18-15(19)14(2)3/h1,14H,9-13H2,2-7H3,(H,18,19). The highest BCUT2D eigenvalue weighted by Crippen LogP contribution is 2.16. The number of hydrogen-bond donors (Lipinski definition) is 1. The Bertz CT molecular complexity index is 354. The average molecular weight is 297 g/mol. The molecule has 4 nitrogen and oxygen atoms in total. The quantitative estimate of drug-likeness (QED) is 0.498. The van der Waals surface area contributed by atoms with Crippen molar-refractivity contribution in [2.45, 2.75) is 65.6 Å². The van der Waals surface area contributed by atoms with E-state index in [1.54, 1.807) is 0 Å². The van der Waals surface area contributed by atoms with Crippen molar-refractivity contribution in [2.75, 3.05) is 19.8 Å². The van der Waals surface area contributed by atoms with Crippen LogP contribution in [0.5, 0.6) is 0 Å². The minimum Gasteiger partial charge on any atom is -0.373 e. The second kappa shape index (κ2) is 9.07. The van der Waals surface area contributed by atoms with Crippen molar-refractivity contribution in [3.8, 4) is 12.3 Å². The van der Waals surface area contributed by atoms with Crippen LogP contribution in [0.3, 0.4) is 0 Å². The van der Waals surface area contributed by atoms with Gasteiger partial charge in [0, 0.05) is 18.9 Å². The number of terminal acetylenes is 1. The monoisotopic (exact) mass is 297 g/mol. The van der Waals surface area contributed by atoms with Gasteiger partial charge in [-0.25, -0.2) is 0 Å². The van der Waals surface area contributed by atoms with Gasteiger partial charge in [0.1, 0.15) is 0 Å². The maximum atomic E-state index is 11.5. The summed E-state index contributed by atoms with van der Waals surface area (Å²) in [5.74, 6) is 2.70. The van der Waals surface area contributed by atoms with E-state index in [1.165, 1.54) is 0 Å². The molecule has 1 amide bonds. The molecule has 0 saturated carbocycles. The summed E-state index contributed by atoms with van der Waals surface area (Å²) < 4.78 is 11.5. The number of hydrogen-bond acceptors (Lipinski definition) is 3. The van der Waals surface area contributed by atoms with Gasteiger partial charge in [-0.2, -0.15) is 0 Å². The third-order valence-electron chi connectivity index (χ3n) is 3.15. The normalized spacial score (nSPS) is 12.3. The lowest BCUT2D eigenvalue weighted by molar-refractivity contribution is -0.124. The van der Waals surface area contributed by atoms with E-state index in [0.29, 0.717) is 26.2 Å². The van der Waals surface area contributed by atoms with E-state index < -0.39 is 0 Å². The summed E-state index contributed by atoms with van der Waals surface area (Å²) in [6.45, 7) is 13.4. The zero-order valence-corrected chi connectivity index (χ0v) is 14.4. The third kappa shape index (κ3) is 10.3. The molecule has 0 saturated heterocycles. The minimum atomic E-state index is -0.312. The van der Waals surface area contributed by atoms with Gasteiger partial charge < -0.3 is 14.8 Å². The number of carbonyl (C=O) groups is 1. The second-order valence-corrected chi connectivity index (χ2v) is 6.79. The maximum Gasteiger partial charge on any atom is 0.222 e. The highest BCUT2D eigenvalue weighted by Gasteiger charge is 2.20. The average Bonchev–Trinajstić information content (AvgIpc) is 2.34. The molecule has 0 aliphatic carbocycles. The molecule has 0 spiro atoms. The van der Waals surface area contributed by atoms with Crippen molar-refractivity contribution in [1.29, 1.82) is 0 Å². The van der Waals surface area contributed by atoms with Crippen LogP contribution in [0.15, 0.2) is 0 Å². The molecule has 4 heteroatoms. The van der Waals surface area contributed by atoms with Gasteiger partial charge in [-0.15, -0.1) is 12.3 Å². The Morgan fingerprint density at radius 2 is 1.67 bits per heavy atom. The van der Waals surface area contributed by atoms with Crippen LogP contribution in [0.4, 0.5) is 0 Å². The molecule has 0 bridgehead atoms. The molecule has 0 aromatic heterocycles. The molecule has 1 N–H and O–H groups in total. The molecule has 0 aliphatic rings. The fourth-order valence-electron chi connectivity index (χ4n) is 1.70. The summed E-state index contributed by atoms with van der Waals surface area (Å²) in [5, 5.41) is 2.90. The van der Waals surface area contributed by atoms with Crippen molar-refractivity contribution in [3.05, 3.63) is 0 Å². The van der Waals surface area contributed by atoms with Crippen molar-refractivity contribution < 1.29 is 14.3 Å². The Balaban J connectivity index is 3.88. The summed E-state index contributed by atoms with van der Waals surface area (Å²) in [6, 6.07) is 0. The van der Waals surface area contributed by atoms with E-state index in [9.17, 15) is 4.79 Å². The highest BCUT2D eigenvalue weighted by molar-refractivity contribution is 5.77. The van der Waals surface area contributed by atoms with E-state index in [0.717, 1.165) is 6.42 Å². The Labute approximate surface area is 130 Å². The van der Waals surface area contributed by atoms with Crippen LogP contribution in [0.25, 0.3) is 0 Å². The summed E-state index contributed by atoms with van der Waals surface area (Å²) in [5.41, 5.74) is -0.600. The van der Waals surface area contributed by atoms with Gasteiger partial charge in [-0.05, 0) is 34.1 Å². The van der Waals surface area contributed by atoms with E-state index >= 15 is 0 Å². The molecular formula is C17H31NO3. The molecule has 0 fully saturated rings. The van der Waals surface area contributed by atoms with Crippen LogP contribution in [0.2, 0.25) is 0 Å². The maximum absolute atomic E-state index is 11.5. The molecule has 0 atom stereocenters. The number of nitrogens with one attached hydrogen (secondary N) is 1. The first-order valence-electron chi connectivity index (χ1n) is 7.59. The van der Waals surface area contributed by atoms with E-state index in [2.05, 4.69) is 11.2 Å². The predicted molar refractivity (Wildman–Crippen MR) is 86.0 cm³/mol. The smallest absolute Gasteiger partial charge is 0.222 e. The van der Waals surface area contributed by atoms with Crippen molar-refractivity contribution in [3.63, 3.8) is 0 Å². The SMILES string of the molecule is C#CCC(C)(C)OCCOC(C)(C)CCNC(=O)C(C)C. The summed E-state index contributed by atoms with van der Waals surface area (Å²) in [4.78, 5) is 11.5. The third-order valence-corrected chi connectivity index (χ3v) is 3.15. The van der Waals surface area contributed by atoms with Crippen molar-refractivity contribution >= 4 is 5.91 Å². The van der Waals surface area contributed by atoms with E-state index in [4.69, 9.17) is 15.9 Å². The van der Waals surface area contributed by atoms with Gasteiger partial charge >= 0.3 is 0 Å². The van der Waals surface area contributed by atoms with E-state index in [1.807, 2.05) is 41.5 Å². The lowest BCUT2D eigenvalue weighted by Gasteiger charge is -2.28. The largest absolute Gasteiger partial charge is 0.373 e. The molecule has 0 rings (SSSR count). The fraction of sp³-hybridized carbons (Fsp3) is 0.824. The fourth-order valence-corrected chi connectivity index (χ4v) is 1.70. The molecule has 0 heterocycles. The number of rotatable bonds is 10. The van der Waals surface area contributed by atoms with Crippen LogP contribution < -0.4 is 5.32 Å². The van der Waals surface area contributed by atoms with E-state index in [-0.39, 0.29) is 23.0 Å². The Kier molecular flexibility index (Phi) is 8.61. The van der Waals surface area contributed by atoms with Gasteiger partial charge in [0.15, 0.2) is 0 Å². The molecule has 21 heavy (non-hydrogen) atoms. The van der Waals surface area contributed by atoms with Crippen LogP contribution in [0, 0.1) is 18.3 Å². The molecular weight excluding hydrogens is 266 g/mol. The van der Waals surface area contributed by atoms with Gasteiger partial charge in [-0.3, -0.25) is 4.79 Å². The zero-order valence-electron chi connectivity index (χ0n) is 14.4. The van der Waals surface area contributed by atoms with Crippen LogP contribution in [0.1, 0.15) is 54.4 Å². The first-order chi connectivity index (χ1) is 9.59. The summed E-state index contributed by atoms with van der Waals surface area (Å²) in [6.07, 6.45) is 6.64. The highest BCUT2D eigenvalue weighted by atomic mass is 16.5. The lowest BCUT2D eigenvalue weighted by atomic mass is 10.0. The summed E-state index contributed by atoms with van der Waals surface area (Å²) in [7, 11) is 0. The first-order valence-corrected chi connectivity index (χ1v) is 7.59. The zero-order chi connectivity index (χ0) is 16.5. The molecule has 0 unspecified atom stereocenters. The minimum absolute atomic E-state index is 0.0146. The number of ether oxygens (including phenoxy) is 2. The number of carbonyl (C=O) groups excluding carboxylic acids is 1. The Hall–Kier alpha value is -1.05. The van der Waals surface area contributed by atoms with Crippen molar-refractivity contribution in [2.24, 2.45) is 5.92 Å². The molecule has 122 valence electrons. The lowest BCUT2D eigenvalue weighted by Crippen LogP contribution is -2.35. The van der Waals surface area contributed by atoms with Crippen LogP contribution in [-0.2, 0) is 14.3 Å². The molecule has 0 radical (unpaired) electrons. The van der Waals surface area contributed by atoms with Crippen molar-refractivity contribution in [1.82, 2.24) is 5.32 Å². The van der Waals surface area contributed by atoms with Gasteiger partial charge in [0.25, 0.3) is 0 Å². The van der Waals surface area contributed by atoms with Gasteiger partial charge in [0.05, 0.1) is 24.4 Å². The Morgan fingerprint density at radius 3 is 2.14 bits per heavy atom. The molecule has 0 aromatic carbocycles.